The van der Waals surface area contributed by atoms with Gasteiger partial charge in [-0.15, -0.1) is 0 Å². The minimum Gasteiger partial charge on any atom is -0.312 e. The van der Waals surface area contributed by atoms with E-state index in [1.807, 2.05) is 13.8 Å². The van der Waals surface area contributed by atoms with Crippen molar-refractivity contribution in [2.75, 3.05) is 6.54 Å². The van der Waals surface area contributed by atoms with Gasteiger partial charge in [0.05, 0.1) is 0 Å². The zero-order valence-corrected chi connectivity index (χ0v) is 7.99. The molecule has 0 aromatic carbocycles. The number of amides is 3. The van der Waals surface area contributed by atoms with Crippen LogP contribution < -0.4 is 0 Å². The quantitative estimate of drug-likeness (QED) is 0.563. The lowest BCUT2D eigenvalue weighted by molar-refractivity contribution is -0.129. The Morgan fingerprint density at radius 2 is 2.08 bits per heavy atom. The van der Waals surface area contributed by atoms with E-state index in [-0.39, 0.29) is 24.0 Å². The molecule has 2 rings (SSSR count). The number of rotatable bonds is 1. The van der Waals surface area contributed by atoms with Crippen molar-refractivity contribution in [3.8, 4) is 0 Å². The second-order valence-electron chi connectivity index (χ2n) is 3.94. The van der Waals surface area contributed by atoms with Gasteiger partial charge in [-0.2, -0.15) is 0 Å². The molecule has 0 aromatic heterocycles. The molecule has 0 spiro atoms. The number of carbonyl (C=O) groups is 2. The van der Waals surface area contributed by atoms with Crippen LogP contribution in [0.15, 0.2) is 0 Å². The molecule has 0 saturated carbocycles. The summed E-state index contributed by atoms with van der Waals surface area (Å²) in [5.74, 6) is -0.00231. The molecule has 0 radical (unpaired) electrons. The van der Waals surface area contributed by atoms with Crippen LogP contribution in [0.3, 0.4) is 0 Å². The van der Waals surface area contributed by atoms with Gasteiger partial charge in [0.25, 0.3) is 5.91 Å². The predicted octanol–water partition coefficient (Wildman–Crippen LogP) is 0.821. The number of urea groups is 1. The topological polar surface area (TPSA) is 40.6 Å². The maximum atomic E-state index is 11.7. The van der Waals surface area contributed by atoms with Gasteiger partial charge in [0.2, 0.25) is 0 Å². The third-order valence-electron chi connectivity index (χ3n) is 2.74. The van der Waals surface area contributed by atoms with Gasteiger partial charge in [0, 0.05) is 12.6 Å². The Labute approximate surface area is 77.5 Å². The van der Waals surface area contributed by atoms with E-state index >= 15 is 0 Å². The summed E-state index contributed by atoms with van der Waals surface area (Å²) in [6, 6.07) is -0.247. The molecule has 1 atom stereocenters. The standard InChI is InChI=1S/C9H14N2O2/c1-6(2)11-8(12)7-4-3-5-10(7)9(11)13/h6-7H,3-5H2,1-2H3/t7-/m0/s1. The van der Waals surface area contributed by atoms with Crippen LogP contribution >= 0.6 is 0 Å². The summed E-state index contributed by atoms with van der Waals surface area (Å²) in [6.45, 7) is 4.49. The number of nitrogens with zero attached hydrogens (tertiary/aromatic N) is 2. The molecule has 0 unspecified atom stereocenters. The van der Waals surface area contributed by atoms with Crippen molar-refractivity contribution in [2.24, 2.45) is 0 Å². The van der Waals surface area contributed by atoms with Crippen molar-refractivity contribution < 1.29 is 9.59 Å². The highest BCUT2D eigenvalue weighted by Gasteiger charge is 2.47. The molecule has 0 bridgehead atoms. The van der Waals surface area contributed by atoms with Gasteiger partial charge in [-0.05, 0) is 26.7 Å². The minimum absolute atomic E-state index is 0.00231. The molecule has 0 N–H and O–H groups in total. The normalized spacial score (nSPS) is 27.8. The molecule has 2 aliphatic heterocycles. The van der Waals surface area contributed by atoms with E-state index in [0.29, 0.717) is 0 Å². The average Bonchev–Trinajstić information content (AvgIpc) is 2.56. The van der Waals surface area contributed by atoms with Crippen LogP contribution in [0.25, 0.3) is 0 Å². The number of hydrogen-bond acceptors (Lipinski definition) is 2. The SMILES string of the molecule is CC(C)N1C(=O)[C@@H]2CCCN2C1=O. The fourth-order valence-electron chi connectivity index (χ4n) is 2.12. The largest absolute Gasteiger partial charge is 0.327 e. The smallest absolute Gasteiger partial charge is 0.312 e. The zero-order chi connectivity index (χ0) is 9.59. The molecular weight excluding hydrogens is 168 g/mol. The molecule has 2 saturated heterocycles. The van der Waals surface area contributed by atoms with E-state index in [0.717, 1.165) is 19.4 Å². The highest BCUT2D eigenvalue weighted by Crippen LogP contribution is 2.28. The van der Waals surface area contributed by atoms with Gasteiger partial charge in [-0.1, -0.05) is 0 Å². The summed E-state index contributed by atoms with van der Waals surface area (Å²) in [6.07, 6.45) is 1.81. The molecule has 2 heterocycles. The predicted molar refractivity (Wildman–Crippen MR) is 47.1 cm³/mol. The summed E-state index contributed by atoms with van der Waals surface area (Å²) in [5, 5.41) is 0. The first-order valence-electron chi connectivity index (χ1n) is 4.76. The molecule has 2 aliphatic rings. The number of fused-ring (bicyclic) bond motifs is 1. The molecule has 2 fully saturated rings. The lowest BCUT2D eigenvalue weighted by Crippen LogP contribution is -2.38. The Bertz CT molecular complexity index is 240. The van der Waals surface area contributed by atoms with Crippen LogP contribution in [-0.2, 0) is 4.79 Å². The first-order valence-corrected chi connectivity index (χ1v) is 4.76. The van der Waals surface area contributed by atoms with Crippen molar-refractivity contribution in [1.82, 2.24) is 9.80 Å². The number of carbonyl (C=O) groups excluding carboxylic acids is 2. The molecule has 4 heteroatoms. The van der Waals surface area contributed by atoms with Gasteiger partial charge in [0.15, 0.2) is 0 Å². The van der Waals surface area contributed by atoms with E-state index in [1.54, 1.807) is 4.90 Å². The second kappa shape index (κ2) is 2.72. The fourth-order valence-corrected chi connectivity index (χ4v) is 2.12. The Morgan fingerprint density at radius 3 is 2.62 bits per heavy atom. The highest BCUT2D eigenvalue weighted by molar-refractivity contribution is 6.04. The summed E-state index contributed by atoms with van der Waals surface area (Å²) < 4.78 is 0. The van der Waals surface area contributed by atoms with Crippen LogP contribution in [0.5, 0.6) is 0 Å². The molecule has 0 aromatic rings. The van der Waals surface area contributed by atoms with Crippen LogP contribution in [0.2, 0.25) is 0 Å². The Hall–Kier alpha value is -1.06. The average molecular weight is 182 g/mol. The van der Waals surface area contributed by atoms with Crippen molar-refractivity contribution in [3.63, 3.8) is 0 Å². The van der Waals surface area contributed by atoms with Crippen LogP contribution in [0, 0.1) is 0 Å². The Balaban J connectivity index is 2.26. The van der Waals surface area contributed by atoms with Crippen molar-refractivity contribution in [3.05, 3.63) is 0 Å². The van der Waals surface area contributed by atoms with Crippen LogP contribution in [0.4, 0.5) is 4.79 Å². The minimum atomic E-state index is -0.144. The van der Waals surface area contributed by atoms with E-state index in [1.165, 1.54) is 4.90 Å². The summed E-state index contributed by atoms with van der Waals surface area (Å²) >= 11 is 0. The fraction of sp³-hybridized carbons (Fsp3) is 0.778. The van der Waals surface area contributed by atoms with Crippen LogP contribution in [0.1, 0.15) is 26.7 Å². The van der Waals surface area contributed by atoms with Crippen molar-refractivity contribution >= 4 is 11.9 Å². The molecule has 3 amide bonds. The summed E-state index contributed by atoms with van der Waals surface area (Å²) in [5.41, 5.74) is 0. The van der Waals surface area contributed by atoms with E-state index in [4.69, 9.17) is 0 Å². The van der Waals surface area contributed by atoms with Gasteiger partial charge in [0.1, 0.15) is 6.04 Å². The van der Waals surface area contributed by atoms with E-state index < -0.39 is 0 Å². The Kier molecular flexibility index (Phi) is 1.78. The molecule has 13 heavy (non-hydrogen) atoms. The maximum absolute atomic E-state index is 11.7. The summed E-state index contributed by atoms with van der Waals surface area (Å²) in [7, 11) is 0. The first-order chi connectivity index (χ1) is 6.13. The monoisotopic (exact) mass is 182 g/mol. The van der Waals surface area contributed by atoms with E-state index in [9.17, 15) is 9.59 Å². The van der Waals surface area contributed by atoms with Gasteiger partial charge >= 0.3 is 6.03 Å². The molecule has 72 valence electrons. The maximum Gasteiger partial charge on any atom is 0.327 e. The highest BCUT2D eigenvalue weighted by atomic mass is 16.2. The molecule has 4 nitrogen and oxygen atoms in total. The third kappa shape index (κ3) is 1.04. The van der Waals surface area contributed by atoms with Gasteiger partial charge < -0.3 is 4.90 Å². The Morgan fingerprint density at radius 1 is 1.38 bits per heavy atom. The van der Waals surface area contributed by atoms with Crippen molar-refractivity contribution in [2.45, 2.75) is 38.8 Å². The lowest BCUT2D eigenvalue weighted by Gasteiger charge is -2.18. The molecule has 0 aliphatic carbocycles. The lowest BCUT2D eigenvalue weighted by atomic mass is 10.2. The summed E-state index contributed by atoms with van der Waals surface area (Å²) in [4.78, 5) is 26.4. The first kappa shape index (κ1) is 8.53. The van der Waals surface area contributed by atoms with Gasteiger partial charge in [-0.25, -0.2) is 4.79 Å². The molecular formula is C9H14N2O2. The number of hydrogen-bond donors (Lipinski definition) is 0. The van der Waals surface area contributed by atoms with Crippen molar-refractivity contribution in [1.29, 1.82) is 0 Å². The van der Waals surface area contributed by atoms with Crippen LogP contribution in [-0.4, -0.2) is 40.4 Å². The third-order valence-corrected chi connectivity index (χ3v) is 2.74. The second-order valence-corrected chi connectivity index (χ2v) is 3.94. The van der Waals surface area contributed by atoms with Gasteiger partial charge in [-0.3, -0.25) is 9.69 Å². The number of imide groups is 1. The van der Waals surface area contributed by atoms with E-state index in [2.05, 4.69) is 0 Å². The zero-order valence-electron chi connectivity index (χ0n) is 7.99.